The number of amides is 1. The third kappa shape index (κ3) is 7.25. The minimum Gasteiger partial charge on any atom is -0.493 e. The second kappa shape index (κ2) is 11.6. The van der Waals surface area contributed by atoms with Gasteiger partial charge in [-0.2, -0.15) is 17.5 Å². The first-order valence-electron chi connectivity index (χ1n) is 12.5. The topological polar surface area (TPSA) is 75.7 Å². The highest BCUT2D eigenvalue weighted by Crippen LogP contribution is 2.34. The van der Waals surface area contributed by atoms with Gasteiger partial charge in [-0.25, -0.2) is 12.8 Å². The summed E-state index contributed by atoms with van der Waals surface area (Å²) >= 11 is 0. The number of benzene rings is 2. The predicted octanol–water partition coefficient (Wildman–Crippen LogP) is 5.62. The van der Waals surface area contributed by atoms with Crippen LogP contribution < -0.4 is 10.1 Å². The molecule has 1 amide bonds. The van der Waals surface area contributed by atoms with Crippen LogP contribution in [0.2, 0.25) is 0 Å². The van der Waals surface area contributed by atoms with Crippen LogP contribution in [0, 0.1) is 25.1 Å². The lowest BCUT2D eigenvalue weighted by Gasteiger charge is -2.34. The lowest BCUT2D eigenvalue weighted by molar-refractivity contribution is -0.140. The van der Waals surface area contributed by atoms with Gasteiger partial charge in [0.25, 0.3) is 0 Å². The number of aryl methyl sites for hydroxylation is 2. The number of nitrogens with one attached hydrogen (secondary N) is 1. The third-order valence-electron chi connectivity index (χ3n) is 6.83. The van der Waals surface area contributed by atoms with E-state index in [0.717, 1.165) is 27.2 Å². The van der Waals surface area contributed by atoms with E-state index in [4.69, 9.17) is 4.74 Å². The number of ether oxygens (including phenoxy) is 1. The number of nitrogens with zero attached hydrogens (tertiary/aromatic N) is 1. The number of piperidine rings is 1. The minimum absolute atomic E-state index is 0.0239. The Labute approximate surface area is 221 Å². The molecule has 210 valence electrons. The monoisotopic (exact) mass is 558 g/mol. The normalized spacial score (nSPS) is 15.9. The molecule has 1 saturated heterocycles. The SMILES string of the molecule is Cc1ccc(C)c(OCCCC(C)(C)C(=O)NC2CCN(S(=O)(=O)c3ccc(F)c(C(F)(F)F)c3)CC2)c1. The van der Waals surface area contributed by atoms with Crippen molar-refractivity contribution in [3.8, 4) is 5.75 Å². The van der Waals surface area contributed by atoms with Crippen LogP contribution in [0.3, 0.4) is 0 Å². The Bertz CT molecular complexity index is 1250. The lowest BCUT2D eigenvalue weighted by Crippen LogP contribution is -2.49. The summed E-state index contributed by atoms with van der Waals surface area (Å²) in [6.07, 6.45) is -3.13. The molecule has 0 radical (unpaired) electrons. The molecule has 1 N–H and O–H groups in total. The van der Waals surface area contributed by atoms with E-state index < -0.39 is 37.9 Å². The van der Waals surface area contributed by atoms with Gasteiger partial charge in [0.05, 0.1) is 17.1 Å². The number of sulfonamides is 1. The Morgan fingerprint density at radius 2 is 1.74 bits per heavy atom. The summed E-state index contributed by atoms with van der Waals surface area (Å²) in [6, 6.07) is 7.40. The van der Waals surface area contributed by atoms with Crippen molar-refractivity contribution in [2.75, 3.05) is 19.7 Å². The summed E-state index contributed by atoms with van der Waals surface area (Å²) in [5.41, 5.74) is -0.146. The molecule has 1 aliphatic rings. The van der Waals surface area contributed by atoms with Crippen molar-refractivity contribution in [2.45, 2.75) is 70.5 Å². The quantitative estimate of drug-likeness (QED) is 0.321. The standard InChI is InChI=1S/C27H34F4N2O4S/c1-18-6-7-19(2)24(16-18)37-15-5-12-26(3,4)25(34)32-20-10-13-33(14-11-20)38(35,36)21-8-9-23(28)22(17-21)27(29,30)31/h6-9,16-17,20H,5,10-15H2,1-4H3,(H,32,34). The Kier molecular flexibility index (Phi) is 9.13. The maximum absolute atomic E-state index is 13.6. The van der Waals surface area contributed by atoms with Gasteiger partial charge in [0, 0.05) is 24.5 Å². The van der Waals surface area contributed by atoms with Crippen LogP contribution in [-0.2, 0) is 21.0 Å². The van der Waals surface area contributed by atoms with Gasteiger partial charge in [-0.3, -0.25) is 4.79 Å². The maximum atomic E-state index is 13.6. The van der Waals surface area contributed by atoms with E-state index in [9.17, 15) is 30.8 Å². The summed E-state index contributed by atoms with van der Waals surface area (Å²) in [5, 5.41) is 2.98. The van der Waals surface area contributed by atoms with Gasteiger partial charge in [-0.1, -0.05) is 26.0 Å². The molecule has 0 saturated carbocycles. The molecule has 2 aromatic rings. The van der Waals surface area contributed by atoms with Crippen LogP contribution >= 0.6 is 0 Å². The Hall–Kier alpha value is -2.66. The van der Waals surface area contributed by atoms with Crippen LogP contribution in [0.25, 0.3) is 0 Å². The molecule has 1 heterocycles. The molecule has 1 aliphatic heterocycles. The summed E-state index contributed by atoms with van der Waals surface area (Å²) in [6.45, 7) is 8.16. The molecule has 0 unspecified atom stereocenters. The van der Waals surface area contributed by atoms with E-state index >= 15 is 0 Å². The van der Waals surface area contributed by atoms with E-state index in [1.165, 1.54) is 0 Å². The van der Waals surface area contributed by atoms with Gasteiger partial charge in [-0.15, -0.1) is 0 Å². The van der Waals surface area contributed by atoms with Crippen molar-refractivity contribution >= 4 is 15.9 Å². The Morgan fingerprint density at radius 3 is 2.37 bits per heavy atom. The largest absolute Gasteiger partial charge is 0.493 e. The summed E-state index contributed by atoms with van der Waals surface area (Å²) in [4.78, 5) is 12.3. The van der Waals surface area contributed by atoms with Crippen molar-refractivity contribution in [3.05, 3.63) is 58.9 Å². The van der Waals surface area contributed by atoms with E-state index in [0.29, 0.717) is 44.4 Å². The molecule has 0 atom stereocenters. The summed E-state index contributed by atoms with van der Waals surface area (Å²) in [7, 11) is -4.25. The molecule has 0 aliphatic carbocycles. The second-order valence-electron chi connectivity index (χ2n) is 10.4. The summed E-state index contributed by atoms with van der Waals surface area (Å²) < 4.78 is 85.4. The molecule has 1 fully saturated rings. The fraction of sp³-hybridized carbons (Fsp3) is 0.519. The first-order valence-corrected chi connectivity index (χ1v) is 13.9. The minimum atomic E-state index is -5.01. The van der Waals surface area contributed by atoms with Crippen LogP contribution in [0.1, 0.15) is 56.2 Å². The average molecular weight is 559 g/mol. The zero-order valence-corrected chi connectivity index (χ0v) is 22.8. The van der Waals surface area contributed by atoms with Crippen LogP contribution in [0.4, 0.5) is 17.6 Å². The molecular weight excluding hydrogens is 524 g/mol. The molecule has 3 rings (SSSR count). The predicted molar refractivity (Wildman–Crippen MR) is 136 cm³/mol. The van der Waals surface area contributed by atoms with Gasteiger partial charge in [0.15, 0.2) is 0 Å². The number of carbonyl (C=O) groups is 1. The van der Waals surface area contributed by atoms with Gasteiger partial charge in [0.2, 0.25) is 15.9 Å². The van der Waals surface area contributed by atoms with Gasteiger partial charge >= 0.3 is 6.18 Å². The van der Waals surface area contributed by atoms with E-state index in [2.05, 4.69) is 5.32 Å². The smallest absolute Gasteiger partial charge is 0.419 e. The van der Waals surface area contributed by atoms with E-state index in [1.54, 1.807) is 0 Å². The van der Waals surface area contributed by atoms with Crippen molar-refractivity contribution in [1.29, 1.82) is 0 Å². The van der Waals surface area contributed by atoms with E-state index in [1.807, 2.05) is 45.9 Å². The number of rotatable bonds is 9. The van der Waals surface area contributed by atoms with Gasteiger partial charge < -0.3 is 10.1 Å². The summed E-state index contributed by atoms with van der Waals surface area (Å²) in [5.74, 6) is -0.861. The Balaban J connectivity index is 1.51. The molecule has 0 spiro atoms. The van der Waals surface area contributed by atoms with Gasteiger partial charge in [-0.05, 0) is 74.9 Å². The highest BCUT2D eigenvalue weighted by molar-refractivity contribution is 7.89. The Morgan fingerprint density at radius 1 is 1.08 bits per heavy atom. The highest BCUT2D eigenvalue weighted by atomic mass is 32.2. The lowest BCUT2D eigenvalue weighted by atomic mass is 9.86. The molecule has 11 heteroatoms. The van der Waals surface area contributed by atoms with E-state index in [-0.39, 0.29) is 25.0 Å². The molecule has 2 aromatic carbocycles. The number of hydrogen-bond acceptors (Lipinski definition) is 4. The number of hydrogen-bond donors (Lipinski definition) is 1. The first kappa shape index (κ1) is 29.9. The zero-order valence-electron chi connectivity index (χ0n) is 22.0. The average Bonchev–Trinajstić information content (AvgIpc) is 2.83. The van der Waals surface area contributed by atoms with Crippen molar-refractivity contribution < 1.29 is 35.5 Å². The van der Waals surface area contributed by atoms with Gasteiger partial charge in [0.1, 0.15) is 11.6 Å². The third-order valence-corrected chi connectivity index (χ3v) is 8.73. The van der Waals surface area contributed by atoms with Crippen LogP contribution in [0.15, 0.2) is 41.3 Å². The van der Waals surface area contributed by atoms with Crippen molar-refractivity contribution in [1.82, 2.24) is 9.62 Å². The molecular formula is C27H34F4N2O4S. The number of halogens is 4. The molecule has 0 bridgehead atoms. The maximum Gasteiger partial charge on any atom is 0.419 e. The fourth-order valence-corrected chi connectivity index (χ4v) is 5.82. The second-order valence-corrected chi connectivity index (χ2v) is 12.3. The first-order chi connectivity index (χ1) is 17.6. The van der Waals surface area contributed by atoms with Crippen molar-refractivity contribution in [3.63, 3.8) is 0 Å². The molecule has 0 aromatic heterocycles. The molecule has 6 nitrogen and oxygen atoms in total. The highest BCUT2D eigenvalue weighted by Gasteiger charge is 2.37. The fourth-order valence-electron chi connectivity index (χ4n) is 4.32. The van der Waals surface area contributed by atoms with Crippen LogP contribution in [0.5, 0.6) is 5.75 Å². The van der Waals surface area contributed by atoms with Crippen molar-refractivity contribution in [2.24, 2.45) is 5.41 Å². The molecule has 38 heavy (non-hydrogen) atoms. The number of alkyl halides is 3. The van der Waals surface area contributed by atoms with Crippen LogP contribution in [-0.4, -0.2) is 44.4 Å². The zero-order chi connectivity index (χ0) is 28.3. The number of carbonyl (C=O) groups excluding carboxylic acids is 1.